The lowest BCUT2D eigenvalue weighted by atomic mass is 10.2. The third-order valence-electron chi connectivity index (χ3n) is 4.22. The molecule has 1 aliphatic heterocycles. The van der Waals surface area contributed by atoms with Crippen molar-refractivity contribution in [3.63, 3.8) is 0 Å². The summed E-state index contributed by atoms with van der Waals surface area (Å²) in [6.45, 7) is 5.10. The predicted molar refractivity (Wildman–Crippen MR) is 91.5 cm³/mol. The molecule has 4 rings (SSSR count). The summed E-state index contributed by atoms with van der Waals surface area (Å²) in [6.07, 6.45) is 0. The summed E-state index contributed by atoms with van der Waals surface area (Å²) in [5.41, 5.74) is 2.09. The second-order valence-corrected chi connectivity index (χ2v) is 6.08. The van der Waals surface area contributed by atoms with Crippen LogP contribution >= 0.6 is 0 Å². The smallest absolute Gasteiger partial charge is 0.322 e. The van der Waals surface area contributed by atoms with Crippen molar-refractivity contribution in [1.82, 2.24) is 9.88 Å². The van der Waals surface area contributed by atoms with Crippen LogP contribution < -0.4 is 5.32 Å². The second kappa shape index (κ2) is 6.25. The third-order valence-corrected chi connectivity index (χ3v) is 4.22. The number of furan rings is 1. The predicted octanol–water partition coefficient (Wildman–Crippen LogP) is 3.64. The average Bonchev–Trinajstić information content (AvgIpc) is 3.19. The number of amides is 2. The number of nitrogens with one attached hydrogen (secondary N) is 1. The van der Waals surface area contributed by atoms with Crippen LogP contribution in [0.25, 0.3) is 11.1 Å². The third kappa shape index (κ3) is 3.10. The Bertz CT molecular complexity index is 914. The van der Waals surface area contributed by atoms with E-state index in [4.69, 9.17) is 13.6 Å². The molecule has 2 amide bonds. The molecule has 1 unspecified atom stereocenters. The van der Waals surface area contributed by atoms with Gasteiger partial charge in [0.15, 0.2) is 11.5 Å². The summed E-state index contributed by atoms with van der Waals surface area (Å²) in [5, 5.41) is 2.93. The number of carbonyl (C=O) groups excluding carboxylic acids is 1. The largest absolute Gasteiger partial charge is 0.464 e. The van der Waals surface area contributed by atoms with Crippen molar-refractivity contribution in [3.05, 3.63) is 47.7 Å². The highest BCUT2D eigenvalue weighted by Gasteiger charge is 2.31. The van der Waals surface area contributed by atoms with Crippen LogP contribution in [-0.2, 0) is 4.74 Å². The van der Waals surface area contributed by atoms with Gasteiger partial charge in [0, 0.05) is 19.2 Å². The van der Waals surface area contributed by atoms with Gasteiger partial charge in [-0.1, -0.05) is 0 Å². The molecule has 0 saturated carbocycles. The molecule has 3 heterocycles. The number of oxazole rings is 1. The summed E-state index contributed by atoms with van der Waals surface area (Å²) in [6, 6.07) is 8.76. The first kappa shape index (κ1) is 15.7. The number of rotatable bonds is 2. The minimum Gasteiger partial charge on any atom is -0.464 e. The molecule has 1 aliphatic rings. The Hall–Kier alpha value is -2.80. The van der Waals surface area contributed by atoms with Crippen LogP contribution in [-0.4, -0.2) is 35.7 Å². The van der Waals surface area contributed by atoms with Crippen LogP contribution in [0.1, 0.15) is 23.5 Å². The number of fused-ring (bicyclic) bond motifs is 1. The number of hydrogen-bond donors (Lipinski definition) is 1. The fourth-order valence-electron chi connectivity index (χ4n) is 3.03. The molecule has 3 aromatic rings. The second-order valence-electron chi connectivity index (χ2n) is 6.08. The van der Waals surface area contributed by atoms with Gasteiger partial charge in [-0.2, -0.15) is 0 Å². The zero-order valence-electron chi connectivity index (χ0n) is 14.1. The maximum Gasteiger partial charge on any atom is 0.322 e. The maximum absolute atomic E-state index is 12.8. The van der Waals surface area contributed by atoms with E-state index < -0.39 is 0 Å². The Labute approximate surface area is 144 Å². The molecule has 0 spiro atoms. The number of anilines is 1. The fraction of sp³-hybridized carbons (Fsp3) is 0.333. The molecule has 1 N–H and O–H groups in total. The van der Waals surface area contributed by atoms with Crippen molar-refractivity contribution in [2.24, 2.45) is 0 Å². The van der Waals surface area contributed by atoms with Gasteiger partial charge in [0.1, 0.15) is 23.1 Å². The topological polar surface area (TPSA) is 80.7 Å². The molecular weight excluding hydrogens is 322 g/mol. The summed E-state index contributed by atoms with van der Waals surface area (Å²) >= 11 is 0. The molecule has 0 bridgehead atoms. The molecular formula is C18H19N3O4. The summed E-state index contributed by atoms with van der Waals surface area (Å²) in [4.78, 5) is 18.8. The van der Waals surface area contributed by atoms with Gasteiger partial charge in [0.05, 0.1) is 13.2 Å². The van der Waals surface area contributed by atoms with Gasteiger partial charge in [-0.15, -0.1) is 0 Å². The Kier molecular flexibility index (Phi) is 3.93. The van der Waals surface area contributed by atoms with Crippen LogP contribution in [0.2, 0.25) is 0 Å². The van der Waals surface area contributed by atoms with E-state index in [-0.39, 0.29) is 12.1 Å². The summed E-state index contributed by atoms with van der Waals surface area (Å²) in [7, 11) is 0. The van der Waals surface area contributed by atoms with Crippen molar-refractivity contribution in [2.45, 2.75) is 19.9 Å². The highest BCUT2D eigenvalue weighted by molar-refractivity contribution is 5.92. The van der Waals surface area contributed by atoms with E-state index in [1.165, 1.54) is 0 Å². The Morgan fingerprint density at radius 1 is 1.24 bits per heavy atom. The molecule has 2 aromatic heterocycles. The van der Waals surface area contributed by atoms with Gasteiger partial charge in [0.25, 0.3) is 0 Å². The number of morpholine rings is 1. The molecule has 0 aliphatic carbocycles. The lowest BCUT2D eigenvalue weighted by Gasteiger charge is -2.34. The monoisotopic (exact) mass is 341 g/mol. The van der Waals surface area contributed by atoms with Crippen LogP contribution in [0, 0.1) is 13.8 Å². The van der Waals surface area contributed by atoms with Crippen molar-refractivity contribution >= 4 is 22.8 Å². The molecule has 0 radical (unpaired) electrons. The fourth-order valence-corrected chi connectivity index (χ4v) is 3.03. The van der Waals surface area contributed by atoms with Crippen molar-refractivity contribution < 1.29 is 18.4 Å². The molecule has 7 heteroatoms. The maximum atomic E-state index is 12.8. The first-order valence-electron chi connectivity index (χ1n) is 8.19. The van der Waals surface area contributed by atoms with Crippen LogP contribution in [0.4, 0.5) is 10.5 Å². The Morgan fingerprint density at radius 2 is 2.12 bits per heavy atom. The van der Waals surface area contributed by atoms with Crippen LogP contribution in [0.15, 0.2) is 39.2 Å². The van der Waals surface area contributed by atoms with E-state index in [0.717, 1.165) is 17.0 Å². The lowest BCUT2D eigenvalue weighted by Crippen LogP contribution is -2.45. The van der Waals surface area contributed by atoms with E-state index in [9.17, 15) is 4.79 Å². The van der Waals surface area contributed by atoms with Gasteiger partial charge in [-0.3, -0.25) is 0 Å². The quantitative estimate of drug-likeness (QED) is 0.769. The van der Waals surface area contributed by atoms with E-state index in [1.54, 1.807) is 30.0 Å². The normalized spacial score (nSPS) is 17.8. The van der Waals surface area contributed by atoms with Crippen molar-refractivity contribution in [3.8, 4) is 0 Å². The zero-order valence-corrected chi connectivity index (χ0v) is 14.1. The van der Waals surface area contributed by atoms with Gasteiger partial charge in [-0.05, 0) is 37.3 Å². The average molecular weight is 341 g/mol. The Balaban J connectivity index is 1.55. The Morgan fingerprint density at radius 3 is 2.92 bits per heavy atom. The number of urea groups is 1. The number of hydrogen-bond acceptors (Lipinski definition) is 5. The zero-order chi connectivity index (χ0) is 17.4. The van der Waals surface area contributed by atoms with Gasteiger partial charge in [0.2, 0.25) is 0 Å². The SMILES string of the molecule is Cc1ccc(C2COCCN2C(=O)Nc2ccc3oc(C)nc3c2)o1. The number of aromatic nitrogens is 1. The molecule has 25 heavy (non-hydrogen) atoms. The van der Waals surface area contributed by atoms with Crippen molar-refractivity contribution in [1.29, 1.82) is 0 Å². The van der Waals surface area contributed by atoms with Crippen molar-refractivity contribution in [2.75, 3.05) is 25.1 Å². The molecule has 130 valence electrons. The van der Waals surface area contributed by atoms with Crippen LogP contribution in [0.5, 0.6) is 0 Å². The van der Waals surface area contributed by atoms with Gasteiger partial charge in [-0.25, -0.2) is 9.78 Å². The first-order valence-corrected chi connectivity index (χ1v) is 8.19. The molecule has 1 aromatic carbocycles. The number of benzene rings is 1. The minimum absolute atomic E-state index is 0.193. The van der Waals surface area contributed by atoms with Gasteiger partial charge < -0.3 is 23.8 Å². The number of ether oxygens (including phenoxy) is 1. The van der Waals surface area contributed by atoms with E-state index >= 15 is 0 Å². The summed E-state index contributed by atoms with van der Waals surface area (Å²) in [5.74, 6) is 2.14. The van der Waals surface area contributed by atoms with E-state index in [1.807, 2.05) is 19.1 Å². The number of nitrogens with zero attached hydrogens (tertiary/aromatic N) is 2. The first-order chi connectivity index (χ1) is 12.1. The number of carbonyl (C=O) groups is 1. The standard InChI is InChI=1S/C18H19N3O4/c1-11-3-5-17(24-11)15-10-23-8-7-21(15)18(22)20-13-4-6-16-14(9-13)19-12(2)25-16/h3-6,9,15H,7-8,10H2,1-2H3,(H,20,22). The molecule has 1 saturated heterocycles. The molecule has 1 fully saturated rings. The minimum atomic E-state index is -0.236. The van der Waals surface area contributed by atoms with Crippen LogP contribution in [0.3, 0.4) is 0 Å². The summed E-state index contributed by atoms with van der Waals surface area (Å²) < 4.78 is 16.7. The number of aryl methyl sites for hydroxylation is 2. The van der Waals surface area contributed by atoms with E-state index in [0.29, 0.717) is 36.9 Å². The highest BCUT2D eigenvalue weighted by atomic mass is 16.5. The highest BCUT2D eigenvalue weighted by Crippen LogP contribution is 2.27. The van der Waals surface area contributed by atoms with Gasteiger partial charge >= 0.3 is 6.03 Å². The lowest BCUT2D eigenvalue weighted by molar-refractivity contribution is 0.00710. The molecule has 7 nitrogen and oxygen atoms in total. The molecule has 1 atom stereocenters. The van der Waals surface area contributed by atoms with E-state index in [2.05, 4.69) is 10.3 Å².